The molecule has 1 rings (SSSR count). The van der Waals surface area contributed by atoms with Gasteiger partial charge in [0.2, 0.25) is 0 Å². The first-order valence-electron chi connectivity index (χ1n) is 5.19. The predicted molar refractivity (Wildman–Crippen MR) is 64.0 cm³/mol. The first kappa shape index (κ1) is 13.0. The zero-order valence-electron chi connectivity index (χ0n) is 9.80. The fourth-order valence-corrected chi connectivity index (χ4v) is 1.30. The third-order valence-electron chi connectivity index (χ3n) is 2.08. The van der Waals surface area contributed by atoms with Crippen LogP contribution >= 0.6 is 0 Å². The Morgan fingerprint density at radius 1 is 1.41 bits per heavy atom. The highest BCUT2D eigenvalue weighted by molar-refractivity contribution is 5.88. The third-order valence-corrected chi connectivity index (χ3v) is 2.08. The minimum atomic E-state index is -0.407. The van der Waals surface area contributed by atoms with Crippen molar-refractivity contribution in [1.82, 2.24) is 0 Å². The third kappa shape index (κ3) is 3.75. The lowest BCUT2D eigenvalue weighted by atomic mass is 10.1. The highest BCUT2D eigenvalue weighted by Crippen LogP contribution is 2.18. The van der Waals surface area contributed by atoms with Gasteiger partial charge in [-0.3, -0.25) is 4.79 Å². The number of esters is 1. The number of hydrogen-bond acceptors (Lipinski definition) is 4. The standard InChI is InChI=1S/C13H14O4/c1-3-17-13(15)7-5-10-4-6-12(16-2)11(8-10)9-14/h4-9H,3H2,1-2H3. The molecule has 0 N–H and O–H groups in total. The Bertz CT molecular complexity index is 435. The van der Waals surface area contributed by atoms with E-state index in [0.717, 1.165) is 5.56 Å². The lowest BCUT2D eigenvalue weighted by Crippen LogP contribution is -1.98. The van der Waals surface area contributed by atoms with E-state index in [4.69, 9.17) is 9.47 Å². The van der Waals surface area contributed by atoms with Gasteiger partial charge in [0, 0.05) is 6.08 Å². The number of rotatable bonds is 5. The van der Waals surface area contributed by atoms with Crippen molar-refractivity contribution in [3.63, 3.8) is 0 Å². The molecule has 0 saturated carbocycles. The molecule has 0 bridgehead atoms. The van der Waals surface area contributed by atoms with Crippen LogP contribution in [-0.2, 0) is 9.53 Å². The van der Waals surface area contributed by atoms with Gasteiger partial charge in [0.05, 0.1) is 19.3 Å². The maximum atomic E-state index is 11.1. The van der Waals surface area contributed by atoms with E-state index in [1.807, 2.05) is 0 Å². The molecule has 1 aromatic rings. The summed E-state index contributed by atoms with van der Waals surface area (Å²) in [4.78, 5) is 21.9. The van der Waals surface area contributed by atoms with Gasteiger partial charge in [0.1, 0.15) is 5.75 Å². The number of carbonyl (C=O) groups excluding carboxylic acids is 2. The molecule has 0 radical (unpaired) electrons. The van der Waals surface area contributed by atoms with E-state index in [2.05, 4.69) is 0 Å². The summed E-state index contributed by atoms with van der Waals surface area (Å²) < 4.78 is 9.75. The van der Waals surface area contributed by atoms with Crippen LogP contribution in [-0.4, -0.2) is 26.0 Å². The van der Waals surface area contributed by atoms with Crippen LogP contribution in [0.4, 0.5) is 0 Å². The topological polar surface area (TPSA) is 52.6 Å². The second kappa shape index (κ2) is 6.48. The lowest BCUT2D eigenvalue weighted by molar-refractivity contribution is -0.137. The smallest absolute Gasteiger partial charge is 0.330 e. The molecule has 4 heteroatoms. The number of carbonyl (C=O) groups is 2. The predicted octanol–water partition coefficient (Wildman–Crippen LogP) is 2.08. The normalized spacial score (nSPS) is 10.2. The molecule has 0 aliphatic heterocycles. The van der Waals surface area contributed by atoms with Crippen LogP contribution in [0.5, 0.6) is 5.75 Å². The average Bonchev–Trinajstić information content (AvgIpc) is 2.36. The molecule has 17 heavy (non-hydrogen) atoms. The fourth-order valence-electron chi connectivity index (χ4n) is 1.30. The van der Waals surface area contributed by atoms with E-state index in [-0.39, 0.29) is 0 Å². The van der Waals surface area contributed by atoms with Gasteiger partial charge in [-0.1, -0.05) is 6.07 Å². The van der Waals surface area contributed by atoms with Crippen LogP contribution in [0.15, 0.2) is 24.3 Å². The summed E-state index contributed by atoms with van der Waals surface area (Å²) in [5, 5.41) is 0. The summed E-state index contributed by atoms with van der Waals surface area (Å²) in [5.74, 6) is 0.101. The van der Waals surface area contributed by atoms with Gasteiger partial charge in [-0.15, -0.1) is 0 Å². The van der Waals surface area contributed by atoms with Gasteiger partial charge in [-0.05, 0) is 30.7 Å². The summed E-state index contributed by atoms with van der Waals surface area (Å²) >= 11 is 0. The summed E-state index contributed by atoms with van der Waals surface area (Å²) in [6.07, 6.45) is 3.62. The van der Waals surface area contributed by atoms with Crippen molar-refractivity contribution < 1.29 is 19.1 Å². The molecule has 0 atom stereocenters. The second-order valence-corrected chi connectivity index (χ2v) is 3.20. The van der Waals surface area contributed by atoms with Crippen LogP contribution in [0.25, 0.3) is 6.08 Å². The van der Waals surface area contributed by atoms with Crippen molar-refractivity contribution in [3.05, 3.63) is 35.4 Å². The van der Waals surface area contributed by atoms with Gasteiger partial charge in [0.15, 0.2) is 6.29 Å². The van der Waals surface area contributed by atoms with Gasteiger partial charge in [-0.2, -0.15) is 0 Å². The van der Waals surface area contributed by atoms with Gasteiger partial charge >= 0.3 is 5.97 Å². The van der Waals surface area contributed by atoms with Crippen molar-refractivity contribution in [3.8, 4) is 5.75 Å². The van der Waals surface area contributed by atoms with E-state index in [1.165, 1.54) is 13.2 Å². The molecule has 0 unspecified atom stereocenters. The maximum absolute atomic E-state index is 11.1. The monoisotopic (exact) mass is 234 g/mol. The van der Waals surface area contributed by atoms with Crippen molar-refractivity contribution >= 4 is 18.3 Å². The highest BCUT2D eigenvalue weighted by atomic mass is 16.5. The largest absolute Gasteiger partial charge is 0.496 e. The van der Waals surface area contributed by atoms with Crippen molar-refractivity contribution in [1.29, 1.82) is 0 Å². The van der Waals surface area contributed by atoms with Crippen LogP contribution in [0.2, 0.25) is 0 Å². The molecule has 0 amide bonds. The molecule has 0 fully saturated rings. The Morgan fingerprint density at radius 2 is 2.18 bits per heavy atom. The first-order chi connectivity index (χ1) is 8.21. The molecule has 90 valence electrons. The summed E-state index contributed by atoms with van der Waals surface area (Å²) in [7, 11) is 1.50. The quantitative estimate of drug-likeness (QED) is 0.444. The Hall–Kier alpha value is -2.10. The fraction of sp³-hybridized carbons (Fsp3) is 0.231. The second-order valence-electron chi connectivity index (χ2n) is 3.20. The highest BCUT2D eigenvalue weighted by Gasteiger charge is 2.02. The van der Waals surface area contributed by atoms with Gasteiger partial charge in [-0.25, -0.2) is 4.79 Å². The van der Waals surface area contributed by atoms with Crippen molar-refractivity contribution in [2.24, 2.45) is 0 Å². The molecule has 0 aliphatic carbocycles. The van der Waals surface area contributed by atoms with Crippen LogP contribution in [0.1, 0.15) is 22.8 Å². The SMILES string of the molecule is CCOC(=O)C=Cc1ccc(OC)c(C=O)c1. The minimum absolute atomic E-state index is 0.339. The molecular formula is C13H14O4. The molecule has 0 aliphatic rings. The zero-order valence-corrected chi connectivity index (χ0v) is 9.80. The number of hydrogen-bond donors (Lipinski definition) is 0. The van der Waals surface area contributed by atoms with Crippen molar-refractivity contribution in [2.45, 2.75) is 6.92 Å². The maximum Gasteiger partial charge on any atom is 0.330 e. The van der Waals surface area contributed by atoms with Gasteiger partial charge in [0.25, 0.3) is 0 Å². The Labute approximate surface area is 99.8 Å². The summed E-state index contributed by atoms with van der Waals surface area (Å²) in [6.45, 7) is 2.08. The Balaban J connectivity index is 2.86. The Kier molecular flexibility index (Phi) is 4.94. The molecule has 0 saturated heterocycles. The van der Waals surface area contributed by atoms with Gasteiger partial charge < -0.3 is 9.47 Å². The molecule has 0 spiro atoms. The molecule has 4 nitrogen and oxygen atoms in total. The van der Waals surface area contributed by atoms with Crippen LogP contribution in [0, 0.1) is 0 Å². The molecule has 0 aromatic heterocycles. The average molecular weight is 234 g/mol. The van der Waals surface area contributed by atoms with E-state index in [1.54, 1.807) is 31.2 Å². The van der Waals surface area contributed by atoms with E-state index < -0.39 is 5.97 Å². The van der Waals surface area contributed by atoms with Crippen LogP contribution < -0.4 is 4.74 Å². The van der Waals surface area contributed by atoms with E-state index in [9.17, 15) is 9.59 Å². The molecular weight excluding hydrogens is 220 g/mol. The summed E-state index contributed by atoms with van der Waals surface area (Å²) in [6, 6.07) is 5.07. The first-order valence-corrected chi connectivity index (χ1v) is 5.19. The van der Waals surface area contributed by atoms with Crippen LogP contribution in [0.3, 0.4) is 0 Å². The zero-order chi connectivity index (χ0) is 12.7. The summed E-state index contributed by atoms with van der Waals surface area (Å²) in [5.41, 5.74) is 1.18. The lowest BCUT2D eigenvalue weighted by Gasteiger charge is -2.03. The molecule has 0 heterocycles. The number of methoxy groups -OCH3 is 1. The van der Waals surface area contributed by atoms with E-state index in [0.29, 0.717) is 24.2 Å². The van der Waals surface area contributed by atoms with Crippen molar-refractivity contribution in [2.75, 3.05) is 13.7 Å². The Morgan fingerprint density at radius 3 is 2.76 bits per heavy atom. The number of aldehydes is 1. The minimum Gasteiger partial charge on any atom is -0.496 e. The number of ether oxygens (including phenoxy) is 2. The molecule has 1 aromatic carbocycles. The number of benzene rings is 1. The van der Waals surface area contributed by atoms with E-state index >= 15 is 0 Å².